The third-order valence-corrected chi connectivity index (χ3v) is 3.85. The number of hydrogen-bond donors (Lipinski definition) is 2. The summed E-state index contributed by atoms with van der Waals surface area (Å²) in [6.45, 7) is 1.39. The van der Waals surface area contributed by atoms with Crippen LogP contribution in [0.1, 0.15) is 12.5 Å². The van der Waals surface area contributed by atoms with Crippen molar-refractivity contribution in [1.29, 1.82) is 0 Å². The van der Waals surface area contributed by atoms with E-state index < -0.39 is 11.7 Å². The highest BCUT2D eigenvalue weighted by atomic mass is 32.2. The standard InChI is InChI=1S/C16H14F3N3O2S/c1-10(23)21-12-3-5-13(6-4-12)22-14(24)9-25-15-7-2-11(8-20-15)16(17,18)19/h2-8H,9H2,1H3,(H,21,23)(H,22,24). The number of carbonyl (C=O) groups is 2. The number of nitrogens with zero attached hydrogens (tertiary/aromatic N) is 1. The predicted molar refractivity (Wildman–Crippen MR) is 89.3 cm³/mol. The summed E-state index contributed by atoms with van der Waals surface area (Å²) in [6, 6.07) is 8.69. The van der Waals surface area contributed by atoms with Gasteiger partial charge in [0.2, 0.25) is 11.8 Å². The summed E-state index contributed by atoms with van der Waals surface area (Å²) < 4.78 is 37.3. The molecule has 1 heterocycles. The van der Waals surface area contributed by atoms with Crippen LogP contribution in [0.25, 0.3) is 0 Å². The maximum atomic E-state index is 12.4. The Balaban J connectivity index is 1.85. The van der Waals surface area contributed by atoms with Crippen LogP contribution in [0.3, 0.4) is 0 Å². The molecule has 2 N–H and O–H groups in total. The first kappa shape index (κ1) is 18.8. The van der Waals surface area contributed by atoms with Crippen LogP contribution in [0.4, 0.5) is 24.5 Å². The largest absolute Gasteiger partial charge is 0.417 e. The van der Waals surface area contributed by atoms with Crippen molar-refractivity contribution in [1.82, 2.24) is 4.98 Å². The minimum atomic E-state index is -4.43. The number of alkyl halides is 3. The van der Waals surface area contributed by atoms with Gasteiger partial charge in [0, 0.05) is 24.5 Å². The molecule has 0 saturated heterocycles. The van der Waals surface area contributed by atoms with Gasteiger partial charge in [-0.2, -0.15) is 13.2 Å². The van der Waals surface area contributed by atoms with Crippen LogP contribution in [0, 0.1) is 0 Å². The summed E-state index contributed by atoms with van der Waals surface area (Å²) in [5, 5.41) is 5.57. The first-order chi connectivity index (χ1) is 11.7. The molecule has 0 saturated carbocycles. The lowest BCUT2D eigenvalue weighted by Gasteiger charge is -2.08. The Morgan fingerprint density at radius 3 is 2.12 bits per heavy atom. The van der Waals surface area contributed by atoms with Crippen LogP contribution >= 0.6 is 11.8 Å². The lowest BCUT2D eigenvalue weighted by molar-refractivity contribution is -0.137. The van der Waals surface area contributed by atoms with Crippen LogP contribution in [-0.4, -0.2) is 22.6 Å². The normalized spacial score (nSPS) is 11.0. The van der Waals surface area contributed by atoms with E-state index in [-0.39, 0.29) is 17.6 Å². The average Bonchev–Trinajstić information content (AvgIpc) is 2.54. The molecule has 0 spiro atoms. The smallest absolute Gasteiger partial charge is 0.326 e. The quantitative estimate of drug-likeness (QED) is 0.787. The second-order valence-electron chi connectivity index (χ2n) is 4.98. The Kier molecular flexibility index (Phi) is 6.02. The molecule has 0 fully saturated rings. The zero-order valence-electron chi connectivity index (χ0n) is 13.1. The fourth-order valence-corrected chi connectivity index (χ4v) is 2.45. The van der Waals surface area contributed by atoms with Gasteiger partial charge in [-0.3, -0.25) is 9.59 Å². The van der Waals surface area contributed by atoms with Crippen molar-refractivity contribution >= 4 is 35.0 Å². The highest BCUT2D eigenvalue weighted by Gasteiger charge is 2.30. The zero-order valence-corrected chi connectivity index (χ0v) is 13.9. The second-order valence-corrected chi connectivity index (χ2v) is 5.97. The van der Waals surface area contributed by atoms with Gasteiger partial charge in [-0.05, 0) is 36.4 Å². The van der Waals surface area contributed by atoms with E-state index in [1.807, 2.05) is 0 Å². The van der Waals surface area contributed by atoms with Gasteiger partial charge in [0.15, 0.2) is 0 Å². The molecular formula is C16H14F3N3O2S. The van der Waals surface area contributed by atoms with Gasteiger partial charge in [0.25, 0.3) is 0 Å². The molecule has 0 unspecified atom stereocenters. The molecule has 9 heteroatoms. The molecular weight excluding hydrogens is 355 g/mol. The van der Waals surface area contributed by atoms with Crippen LogP contribution in [0.15, 0.2) is 47.6 Å². The molecule has 0 atom stereocenters. The van der Waals surface area contributed by atoms with Crippen LogP contribution in [0.2, 0.25) is 0 Å². The van der Waals surface area contributed by atoms with Gasteiger partial charge in [0.05, 0.1) is 16.3 Å². The first-order valence-corrected chi connectivity index (χ1v) is 8.06. The van der Waals surface area contributed by atoms with Gasteiger partial charge >= 0.3 is 6.18 Å². The number of amides is 2. The molecule has 2 aromatic rings. The predicted octanol–water partition coefficient (Wildman–Crippen LogP) is 3.79. The Morgan fingerprint density at radius 2 is 1.64 bits per heavy atom. The Bertz CT molecular complexity index is 747. The first-order valence-electron chi connectivity index (χ1n) is 7.07. The second kappa shape index (κ2) is 8.02. The number of nitrogens with one attached hydrogen (secondary N) is 2. The molecule has 2 amide bonds. The maximum absolute atomic E-state index is 12.4. The van der Waals surface area contributed by atoms with Crippen molar-refractivity contribution in [3.63, 3.8) is 0 Å². The van der Waals surface area contributed by atoms with Crippen molar-refractivity contribution in [3.05, 3.63) is 48.2 Å². The summed E-state index contributed by atoms with van der Waals surface area (Å²) in [5.74, 6) is -0.512. The van der Waals surface area contributed by atoms with Crippen molar-refractivity contribution < 1.29 is 22.8 Å². The fraction of sp³-hybridized carbons (Fsp3) is 0.188. The number of carbonyl (C=O) groups excluding carboxylic acids is 2. The van der Waals surface area contributed by atoms with Crippen LogP contribution < -0.4 is 10.6 Å². The molecule has 0 aliphatic carbocycles. The monoisotopic (exact) mass is 369 g/mol. The summed E-state index contributed by atoms with van der Waals surface area (Å²) in [7, 11) is 0. The fourth-order valence-electron chi connectivity index (χ4n) is 1.81. The Morgan fingerprint density at radius 1 is 1.04 bits per heavy atom. The molecule has 25 heavy (non-hydrogen) atoms. The van der Waals surface area contributed by atoms with Gasteiger partial charge in [0.1, 0.15) is 0 Å². The molecule has 132 valence electrons. The molecule has 1 aromatic heterocycles. The number of rotatable bonds is 5. The minimum absolute atomic E-state index is 0.00577. The van der Waals surface area contributed by atoms with Crippen molar-refractivity contribution in [2.45, 2.75) is 18.1 Å². The lowest BCUT2D eigenvalue weighted by atomic mass is 10.3. The molecule has 0 radical (unpaired) electrons. The van der Waals surface area contributed by atoms with Crippen LogP contribution in [-0.2, 0) is 15.8 Å². The number of hydrogen-bond acceptors (Lipinski definition) is 4. The molecule has 5 nitrogen and oxygen atoms in total. The van der Waals surface area contributed by atoms with E-state index in [1.54, 1.807) is 24.3 Å². The molecule has 0 bridgehead atoms. The van der Waals surface area contributed by atoms with E-state index in [4.69, 9.17) is 0 Å². The van der Waals surface area contributed by atoms with E-state index >= 15 is 0 Å². The summed E-state index contributed by atoms with van der Waals surface area (Å²) >= 11 is 1.03. The molecule has 2 rings (SSSR count). The Hall–Kier alpha value is -2.55. The maximum Gasteiger partial charge on any atom is 0.417 e. The van der Waals surface area contributed by atoms with E-state index in [0.29, 0.717) is 16.4 Å². The van der Waals surface area contributed by atoms with Gasteiger partial charge in [-0.1, -0.05) is 11.8 Å². The molecule has 0 aliphatic heterocycles. The van der Waals surface area contributed by atoms with Crippen molar-refractivity contribution in [3.8, 4) is 0 Å². The number of pyridine rings is 1. The zero-order chi connectivity index (χ0) is 18.4. The average molecular weight is 369 g/mol. The van der Waals surface area contributed by atoms with Crippen LogP contribution in [0.5, 0.6) is 0 Å². The van der Waals surface area contributed by atoms with E-state index in [9.17, 15) is 22.8 Å². The highest BCUT2D eigenvalue weighted by molar-refractivity contribution is 7.99. The summed E-state index contributed by atoms with van der Waals surface area (Å²) in [6.07, 6.45) is -3.70. The van der Waals surface area contributed by atoms with Crippen molar-refractivity contribution in [2.75, 3.05) is 16.4 Å². The summed E-state index contributed by atoms with van der Waals surface area (Å²) in [4.78, 5) is 26.5. The third kappa shape index (κ3) is 6.11. The summed E-state index contributed by atoms with van der Waals surface area (Å²) in [5.41, 5.74) is 0.314. The van der Waals surface area contributed by atoms with Gasteiger partial charge in [-0.15, -0.1) is 0 Å². The highest BCUT2D eigenvalue weighted by Crippen LogP contribution is 2.29. The minimum Gasteiger partial charge on any atom is -0.326 e. The van der Waals surface area contributed by atoms with Gasteiger partial charge in [-0.25, -0.2) is 4.98 Å². The third-order valence-electron chi connectivity index (χ3n) is 2.90. The number of thioether (sulfide) groups is 1. The lowest BCUT2D eigenvalue weighted by Crippen LogP contribution is -2.14. The van der Waals surface area contributed by atoms with E-state index in [0.717, 1.165) is 24.0 Å². The van der Waals surface area contributed by atoms with Crippen molar-refractivity contribution in [2.24, 2.45) is 0 Å². The number of halogens is 3. The number of anilines is 2. The number of benzene rings is 1. The SMILES string of the molecule is CC(=O)Nc1ccc(NC(=O)CSc2ccc(C(F)(F)F)cn2)cc1. The van der Waals surface area contributed by atoms with Gasteiger partial charge < -0.3 is 10.6 Å². The Labute approximate surface area is 146 Å². The van der Waals surface area contributed by atoms with E-state index in [2.05, 4.69) is 15.6 Å². The van der Waals surface area contributed by atoms with E-state index in [1.165, 1.54) is 13.0 Å². The topological polar surface area (TPSA) is 71.1 Å². The molecule has 0 aliphatic rings. The molecule has 1 aromatic carbocycles. The number of aromatic nitrogens is 1.